The van der Waals surface area contributed by atoms with E-state index in [4.69, 9.17) is 11.6 Å². The SMILES string of the molecule is Cc1nn(C)c(NCC(C)(O)c2cccc(Cl)c2)c1[N+](=O)[O-]. The molecular formula is C14H17ClN4O3. The number of halogens is 1. The first-order valence-corrected chi connectivity index (χ1v) is 7.00. The fourth-order valence-corrected chi connectivity index (χ4v) is 2.44. The number of aliphatic hydroxyl groups is 1. The molecule has 0 radical (unpaired) electrons. The van der Waals surface area contributed by atoms with Crippen molar-refractivity contribution in [1.82, 2.24) is 9.78 Å². The van der Waals surface area contributed by atoms with Crippen molar-refractivity contribution in [3.8, 4) is 0 Å². The summed E-state index contributed by atoms with van der Waals surface area (Å²) >= 11 is 5.93. The van der Waals surface area contributed by atoms with E-state index in [0.717, 1.165) is 0 Å². The van der Waals surface area contributed by atoms with Gasteiger partial charge in [-0.25, -0.2) is 4.68 Å². The molecule has 0 aliphatic heterocycles. The van der Waals surface area contributed by atoms with E-state index in [1.54, 1.807) is 45.2 Å². The third-order valence-electron chi connectivity index (χ3n) is 3.42. The molecule has 0 aliphatic rings. The number of hydrogen-bond donors (Lipinski definition) is 2. The highest BCUT2D eigenvalue weighted by Gasteiger charge is 2.28. The maximum Gasteiger partial charge on any atom is 0.333 e. The van der Waals surface area contributed by atoms with Gasteiger partial charge in [-0.05, 0) is 31.5 Å². The predicted octanol–water partition coefficient (Wildman–Crippen LogP) is 2.61. The van der Waals surface area contributed by atoms with Crippen molar-refractivity contribution in [1.29, 1.82) is 0 Å². The molecule has 0 fully saturated rings. The summed E-state index contributed by atoms with van der Waals surface area (Å²) in [4.78, 5) is 10.6. The second-order valence-electron chi connectivity index (χ2n) is 5.30. The quantitative estimate of drug-likeness (QED) is 0.651. The number of nitrogens with zero attached hydrogens (tertiary/aromatic N) is 3. The van der Waals surface area contributed by atoms with Crippen LogP contribution in [0.25, 0.3) is 0 Å². The van der Waals surface area contributed by atoms with E-state index in [1.165, 1.54) is 4.68 Å². The molecule has 0 amide bonds. The Hall–Kier alpha value is -2.12. The number of rotatable bonds is 5. The Morgan fingerprint density at radius 3 is 2.82 bits per heavy atom. The first-order valence-electron chi connectivity index (χ1n) is 6.62. The zero-order valence-corrected chi connectivity index (χ0v) is 13.3. The minimum Gasteiger partial charge on any atom is -0.384 e. The maximum atomic E-state index is 11.1. The molecule has 0 bridgehead atoms. The van der Waals surface area contributed by atoms with Crippen LogP contribution in [0.15, 0.2) is 24.3 Å². The minimum absolute atomic E-state index is 0.0765. The van der Waals surface area contributed by atoms with Crippen LogP contribution in [0.2, 0.25) is 5.02 Å². The van der Waals surface area contributed by atoms with Gasteiger partial charge in [0.2, 0.25) is 5.82 Å². The summed E-state index contributed by atoms with van der Waals surface area (Å²) in [5, 5.41) is 29.2. The molecule has 1 atom stereocenters. The molecule has 2 rings (SSSR count). The number of nitrogens with one attached hydrogen (secondary N) is 1. The highest BCUT2D eigenvalue weighted by molar-refractivity contribution is 6.30. The molecule has 1 unspecified atom stereocenters. The third kappa shape index (κ3) is 3.20. The van der Waals surface area contributed by atoms with Gasteiger partial charge in [-0.2, -0.15) is 5.10 Å². The lowest BCUT2D eigenvalue weighted by atomic mass is 9.96. The zero-order chi connectivity index (χ0) is 16.5. The Morgan fingerprint density at radius 2 is 2.23 bits per heavy atom. The molecule has 118 valence electrons. The van der Waals surface area contributed by atoms with Crippen molar-refractivity contribution in [3.05, 3.63) is 50.7 Å². The molecule has 0 saturated carbocycles. The summed E-state index contributed by atoms with van der Waals surface area (Å²) in [5.41, 5.74) is -0.396. The summed E-state index contributed by atoms with van der Waals surface area (Å²) in [6.45, 7) is 3.26. The van der Waals surface area contributed by atoms with Gasteiger partial charge in [-0.15, -0.1) is 0 Å². The van der Waals surface area contributed by atoms with Gasteiger partial charge >= 0.3 is 5.69 Å². The molecule has 0 aliphatic carbocycles. The number of aryl methyl sites for hydroxylation is 2. The molecule has 22 heavy (non-hydrogen) atoms. The van der Waals surface area contributed by atoms with Crippen molar-refractivity contribution in [2.24, 2.45) is 7.05 Å². The Kier molecular flexibility index (Phi) is 4.39. The van der Waals surface area contributed by atoms with E-state index in [9.17, 15) is 15.2 Å². The predicted molar refractivity (Wildman–Crippen MR) is 84.1 cm³/mol. The Labute approximate surface area is 132 Å². The standard InChI is InChI=1S/C14H17ClN4O3/c1-9-12(19(21)22)13(18(3)17-9)16-8-14(2,20)10-5-4-6-11(15)7-10/h4-7,16,20H,8H2,1-3H3. The fraction of sp³-hybridized carbons (Fsp3) is 0.357. The van der Waals surface area contributed by atoms with Gasteiger partial charge in [-0.3, -0.25) is 10.1 Å². The second-order valence-corrected chi connectivity index (χ2v) is 5.74. The van der Waals surface area contributed by atoms with Gasteiger partial charge in [0.15, 0.2) is 0 Å². The van der Waals surface area contributed by atoms with Gasteiger partial charge in [0.1, 0.15) is 11.3 Å². The van der Waals surface area contributed by atoms with E-state index in [1.807, 2.05) is 0 Å². The highest BCUT2D eigenvalue weighted by Crippen LogP contribution is 2.29. The summed E-state index contributed by atoms with van der Waals surface area (Å²) in [5.74, 6) is 0.254. The molecule has 2 N–H and O–H groups in total. The molecular weight excluding hydrogens is 308 g/mol. The lowest BCUT2D eigenvalue weighted by molar-refractivity contribution is -0.384. The molecule has 1 aromatic carbocycles. The first-order chi connectivity index (χ1) is 10.2. The van der Waals surface area contributed by atoms with E-state index < -0.39 is 10.5 Å². The molecule has 7 nitrogen and oxygen atoms in total. The molecule has 2 aromatic rings. The van der Waals surface area contributed by atoms with Crippen LogP contribution in [0.3, 0.4) is 0 Å². The Balaban J connectivity index is 2.24. The van der Waals surface area contributed by atoms with Gasteiger partial charge in [0, 0.05) is 18.6 Å². The maximum absolute atomic E-state index is 11.1. The smallest absolute Gasteiger partial charge is 0.333 e. The van der Waals surface area contributed by atoms with Gasteiger partial charge in [0.05, 0.1) is 4.92 Å². The lowest BCUT2D eigenvalue weighted by Gasteiger charge is -2.24. The minimum atomic E-state index is -1.24. The van der Waals surface area contributed by atoms with Crippen LogP contribution in [0.4, 0.5) is 11.5 Å². The van der Waals surface area contributed by atoms with E-state index in [0.29, 0.717) is 16.3 Å². The van der Waals surface area contributed by atoms with Gasteiger partial charge in [0.25, 0.3) is 0 Å². The monoisotopic (exact) mass is 324 g/mol. The molecule has 1 aromatic heterocycles. The van der Waals surface area contributed by atoms with Crippen LogP contribution in [-0.4, -0.2) is 26.4 Å². The van der Waals surface area contributed by atoms with Crippen molar-refractivity contribution < 1.29 is 10.0 Å². The summed E-state index contributed by atoms with van der Waals surface area (Å²) in [6.07, 6.45) is 0. The summed E-state index contributed by atoms with van der Waals surface area (Å²) < 4.78 is 1.39. The van der Waals surface area contributed by atoms with Crippen LogP contribution >= 0.6 is 11.6 Å². The van der Waals surface area contributed by atoms with Gasteiger partial charge in [-0.1, -0.05) is 23.7 Å². The number of benzene rings is 1. The normalized spacial score (nSPS) is 13.7. The van der Waals surface area contributed by atoms with Crippen LogP contribution in [0.1, 0.15) is 18.2 Å². The van der Waals surface area contributed by atoms with E-state index in [2.05, 4.69) is 10.4 Å². The van der Waals surface area contributed by atoms with Crippen LogP contribution in [0, 0.1) is 17.0 Å². The average molecular weight is 325 g/mol. The average Bonchev–Trinajstić information content (AvgIpc) is 2.71. The number of hydrogen-bond acceptors (Lipinski definition) is 5. The van der Waals surface area contributed by atoms with Crippen molar-refractivity contribution in [3.63, 3.8) is 0 Å². The highest BCUT2D eigenvalue weighted by atomic mass is 35.5. The van der Waals surface area contributed by atoms with Crippen LogP contribution in [-0.2, 0) is 12.6 Å². The zero-order valence-electron chi connectivity index (χ0n) is 12.5. The first kappa shape index (κ1) is 16.3. The van der Waals surface area contributed by atoms with E-state index in [-0.39, 0.29) is 18.1 Å². The number of nitro groups is 1. The van der Waals surface area contributed by atoms with Crippen molar-refractivity contribution in [2.75, 3.05) is 11.9 Å². The van der Waals surface area contributed by atoms with Gasteiger partial charge < -0.3 is 10.4 Å². The third-order valence-corrected chi connectivity index (χ3v) is 3.65. The second kappa shape index (κ2) is 5.94. The number of aromatic nitrogens is 2. The van der Waals surface area contributed by atoms with Crippen molar-refractivity contribution >= 4 is 23.1 Å². The fourth-order valence-electron chi connectivity index (χ4n) is 2.25. The van der Waals surface area contributed by atoms with E-state index >= 15 is 0 Å². The Morgan fingerprint density at radius 1 is 1.55 bits per heavy atom. The number of anilines is 1. The van der Waals surface area contributed by atoms with Crippen LogP contribution < -0.4 is 5.32 Å². The summed E-state index contributed by atoms with van der Waals surface area (Å²) in [6, 6.07) is 6.86. The molecule has 1 heterocycles. The summed E-state index contributed by atoms with van der Waals surface area (Å²) in [7, 11) is 1.61. The van der Waals surface area contributed by atoms with Crippen molar-refractivity contribution in [2.45, 2.75) is 19.4 Å². The largest absolute Gasteiger partial charge is 0.384 e. The molecule has 8 heteroatoms. The molecule has 0 saturated heterocycles. The van der Waals surface area contributed by atoms with Crippen LogP contribution in [0.5, 0.6) is 0 Å². The lowest BCUT2D eigenvalue weighted by Crippen LogP contribution is -2.31. The topological polar surface area (TPSA) is 93.2 Å². The Bertz CT molecular complexity index is 712. The molecule has 0 spiro atoms.